The summed E-state index contributed by atoms with van der Waals surface area (Å²) in [6.45, 7) is 2.03. The van der Waals surface area contributed by atoms with Gasteiger partial charge in [0, 0.05) is 17.9 Å². The van der Waals surface area contributed by atoms with Crippen molar-refractivity contribution < 1.29 is 19.1 Å². The quantitative estimate of drug-likeness (QED) is 0.611. The lowest BCUT2D eigenvalue weighted by Crippen LogP contribution is -2.03. The zero-order valence-electron chi connectivity index (χ0n) is 11.1. The molecule has 0 aliphatic rings. The molecule has 0 bridgehead atoms. The first-order chi connectivity index (χ1) is 9.17. The van der Waals surface area contributed by atoms with Gasteiger partial charge in [-0.15, -0.1) is 0 Å². The van der Waals surface area contributed by atoms with Crippen LogP contribution in [0.5, 0.6) is 0 Å². The number of methoxy groups -OCH3 is 1. The zero-order chi connectivity index (χ0) is 14.1. The number of esters is 2. The smallest absolute Gasteiger partial charge is 0.384 e. The van der Waals surface area contributed by atoms with E-state index in [4.69, 9.17) is 4.74 Å². The van der Waals surface area contributed by atoms with Crippen molar-refractivity contribution in [2.45, 2.75) is 19.8 Å². The summed E-state index contributed by atoms with van der Waals surface area (Å²) in [7, 11) is 1.36. The molecular formula is C15H16O4. The van der Waals surface area contributed by atoms with E-state index in [0.29, 0.717) is 13.0 Å². The summed E-state index contributed by atoms with van der Waals surface area (Å²) in [4.78, 5) is 22.3. The molecule has 0 aromatic heterocycles. The van der Waals surface area contributed by atoms with Gasteiger partial charge in [0.2, 0.25) is 0 Å². The first kappa shape index (κ1) is 14.8. The van der Waals surface area contributed by atoms with Crippen LogP contribution in [0.3, 0.4) is 0 Å². The molecule has 1 aromatic rings. The lowest BCUT2D eigenvalue weighted by Gasteiger charge is -2.03. The van der Waals surface area contributed by atoms with E-state index in [9.17, 15) is 9.59 Å². The third-order valence-electron chi connectivity index (χ3n) is 2.42. The van der Waals surface area contributed by atoms with Crippen LogP contribution in [0.2, 0.25) is 0 Å². The number of carbonyl (C=O) groups is 2. The molecule has 0 heterocycles. The predicted octanol–water partition coefficient (Wildman–Crippen LogP) is 1.71. The van der Waals surface area contributed by atoms with Crippen molar-refractivity contribution in [1.82, 2.24) is 0 Å². The molecule has 0 spiro atoms. The molecule has 0 saturated carbocycles. The fourth-order valence-corrected chi connectivity index (χ4v) is 1.48. The third kappa shape index (κ3) is 5.26. The molecule has 4 nitrogen and oxygen atoms in total. The first-order valence-corrected chi connectivity index (χ1v) is 6.00. The number of hydrogen-bond donors (Lipinski definition) is 0. The molecule has 0 aliphatic carbocycles. The number of carbonyl (C=O) groups excluding carboxylic acids is 2. The fourth-order valence-electron chi connectivity index (χ4n) is 1.48. The first-order valence-electron chi connectivity index (χ1n) is 6.00. The highest BCUT2D eigenvalue weighted by Crippen LogP contribution is 2.10. The van der Waals surface area contributed by atoms with Crippen LogP contribution < -0.4 is 0 Å². The van der Waals surface area contributed by atoms with E-state index >= 15 is 0 Å². The minimum absolute atomic E-state index is 0.270. The number of hydrogen-bond acceptors (Lipinski definition) is 4. The van der Waals surface area contributed by atoms with Gasteiger partial charge in [0.25, 0.3) is 0 Å². The second kappa shape index (κ2) is 7.93. The van der Waals surface area contributed by atoms with Crippen LogP contribution >= 0.6 is 0 Å². The molecule has 4 heteroatoms. The van der Waals surface area contributed by atoms with Gasteiger partial charge in [-0.2, -0.15) is 0 Å². The van der Waals surface area contributed by atoms with Crippen molar-refractivity contribution in [2.75, 3.05) is 13.7 Å². The molecule has 1 rings (SSSR count). The summed E-state index contributed by atoms with van der Waals surface area (Å²) in [5, 5.41) is 0. The van der Waals surface area contributed by atoms with E-state index in [0.717, 1.165) is 11.1 Å². The highest BCUT2D eigenvalue weighted by atomic mass is 16.5. The van der Waals surface area contributed by atoms with Gasteiger partial charge >= 0.3 is 11.9 Å². The summed E-state index contributed by atoms with van der Waals surface area (Å²) in [5.41, 5.74) is 1.63. The van der Waals surface area contributed by atoms with E-state index in [1.54, 1.807) is 13.0 Å². The molecule has 0 radical (unpaired) electrons. The summed E-state index contributed by atoms with van der Waals surface area (Å²) in [6, 6.07) is 7.37. The van der Waals surface area contributed by atoms with E-state index in [1.165, 1.54) is 7.11 Å². The third-order valence-corrected chi connectivity index (χ3v) is 2.42. The molecule has 0 saturated heterocycles. The van der Waals surface area contributed by atoms with Gasteiger partial charge in [0.1, 0.15) is 0 Å². The molecule has 1 aromatic carbocycles. The van der Waals surface area contributed by atoms with Gasteiger partial charge in [-0.05, 0) is 25.0 Å². The van der Waals surface area contributed by atoms with Gasteiger partial charge in [0.15, 0.2) is 0 Å². The van der Waals surface area contributed by atoms with Crippen molar-refractivity contribution in [1.29, 1.82) is 0 Å². The van der Waals surface area contributed by atoms with Crippen molar-refractivity contribution in [3.05, 3.63) is 35.4 Å². The molecule has 0 atom stereocenters. The van der Waals surface area contributed by atoms with E-state index in [1.807, 2.05) is 18.2 Å². The van der Waals surface area contributed by atoms with Gasteiger partial charge in [-0.3, -0.25) is 4.79 Å². The fraction of sp³-hybridized carbons (Fsp3) is 0.333. The van der Waals surface area contributed by atoms with Gasteiger partial charge in [-0.25, -0.2) is 4.79 Å². The molecular weight excluding hydrogens is 244 g/mol. The highest BCUT2D eigenvalue weighted by molar-refractivity contribution is 5.89. The highest BCUT2D eigenvalue weighted by Gasteiger charge is 2.04. The SMILES string of the molecule is CCOC(=O)C#Cc1ccccc1CCC(=O)OC. The average Bonchev–Trinajstić information content (AvgIpc) is 2.43. The van der Waals surface area contributed by atoms with Crippen molar-refractivity contribution in [3.63, 3.8) is 0 Å². The monoisotopic (exact) mass is 260 g/mol. The van der Waals surface area contributed by atoms with E-state index in [2.05, 4.69) is 16.6 Å². The Morgan fingerprint density at radius 2 is 2.00 bits per heavy atom. The summed E-state index contributed by atoms with van der Waals surface area (Å²) < 4.78 is 9.33. The van der Waals surface area contributed by atoms with E-state index < -0.39 is 5.97 Å². The minimum atomic E-state index is -0.551. The standard InChI is InChI=1S/C15H16O4/c1-3-19-15(17)11-9-13-7-5-4-6-12(13)8-10-14(16)18-2/h4-7H,3,8,10H2,1-2H3. The molecule has 0 N–H and O–H groups in total. The van der Waals surface area contributed by atoms with Crippen molar-refractivity contribution >= 4 is 11.9 Å². The van der Waals surface area contributed by atoms with Crippen molar-refractivity contribution in [3.8, 4) is 11.8 Å². The number of benzene rings is 1. The topological polar surface area (TPSA) is 52.6 Å². The van der Waals surface area contributed by atoms with Crippen molar-refractivity contribution in [2.24, 2.45) is 0 Å². The van der Waals surface area contributed by atoms with Crippen LogP contribution in [0, 0.1) is 11.8 Å². The summed E-state index contributed by atoms with van der Waals surface area (Å²) >= 11 is 0. The number of aryl methyl sites for hydroxylation is 1. The molecule has 0 aliphatic heterocycles. The Kier molecular flexibility index (Phi) is 6.17. The van der Waals surface area contributed by atoms with Gasteiger partial charge in [0.05, 0.1) is 13.7 Å². The lowest BCUT2D eigenvalue weighted by atomic mass is 10.0. The molecule has 0 fully saturated rings. The Morgan fingerprint density at radius 1 is 1.26 bits per heavy atom. The summed E-state index contributed by atoms with van der Waals surface area (Å²) in [5.74, 6) is 4.36. The Morgan fingerprint density at radius 3 is 2.68 bits per heavy atom. The predicted molar refractivity (Wildman–Crippen MR) is 70.3 cm³/mol. The molecule has 100 valence electrons. The number of ether oxygens (including phenoxy) is 2. The minimum Gasteiger partial charge on any atom is -0.469 e. The Hall–Kier alpha value is -2.28. The van der Waals surface area contributed by atoms with Crippen LogP contribution in [-0.2, 0) is 25.5 Å². The van der Waals surface area contributed by atoms with Crippen LogP contribution in [0.25, 0.3) is 0 Å². The maximum Gasteiger partial charge on any atom is 0.384 e. The maximum atomic E-state index is 11.2. The van der Waals surface area contributed by atoms with Crippen LogP contribution in [0.15, 0.2) is 24.3 Å². The van der Waals surface area contributed by atoms with Gasteiger partial charge < -0.3 is 9.47 Å². The normalized spacial score (nSPS) is 9.16. The average molecular weight is 260 g/mol. The number of rotatable bonds is 4. The van der Waals surface area contributed by atoms with Crippen LogP contribution in [0.1, 0.15) is 24.5 Å². The Bertz CT molecular complexity index is 508. The van der Waals surface area contributed by atoms with Crippen LogP contribution in [0.4, 0.5) is 0 Å². The molecule has 19 heavy (non-hydrogen) atoms. The molecule has 0 unspecified atom stereocenters. The largest absolute Gasteiger partial charge is 0.469 e. The van der Waals surface area contributed by atoms with Crippen LogP contribution in [-0.4, -0.2) is 25.7 Å². The van der Waals surface area contributed by atoms with Gasteiger partial charge in [-0.1, -0.05) is 24.1 Å². The maximum absolute atomic E-state index is 11.2. The summed E-state index contributed by atoms with van der Waals surface area (Å²) in [6.07, 6.45) is 0.814. The van der Waals surface area contributed by atoms with E-state index in [-0.39, 0.29) is 12.4 Å². The second-order valence-electron chi connectivity index (χ2n) is 3.70. The second-order valence-corrected chi connectivity index (χ2v) is 3.70. The lowest BCUT2D eigenvalue weighted by molar-refractivity contribution is -0.140. The molecule has 0 amide bonds. The Labute approximate surface area is 112 Å². The Balaban J connectivity index is 2.78. The zero-order valence-corrected chi connectivity index (χ0v) is 11.1.